The van der Waals surface area contributed by atoms with Gasteiger partial charge in [-0.25, -0.2) is 9.78 Å². The van der Waals surface area contributed by atoms with Gasteiger partial charge in [0.25, 0.3) is 0 Å². The van der Waals surface area contributed by atoms with Crippen molar-refractivity contribution in [1.29, 1.82) is 0 Å². The Bertz CT molecular complexity index is 427. The number of primary amides is 1. The summed E-state index contributed by atoms with van der Waals surface area (Å²) >= 11 is 0. The Morgan fingerprint density at radius 2 is 2.20 bits per heavy atom. The lowest BCUT2D eigenvalue weighted by molar-refractivity contribution is 0.0557. The minimum absolute atomic E-state index is 0.0135. The number of nitrogens with zero attached hydrogens (tertiary/aromatic N) is 3. The fourth-order valence-corrected chi connectivity index (χ4v) is 2.50. The largest absolute Gasteiger partial charge is 0.446 e. The zero-order valence-electron chi connectivity index (χ0n) is 11.6. The van der Waals surface area contributed by atoms with Crippen LogP contribution < -0.4 is 5.73 Å². The van der Waals surface area contributed by atoms with E-state index in [1.165, 1.54) is 0 Å². The minimum Gasteiger partial charge on any atom is -0.446 e. The smallest absolute Gasteiger partial charge is 0.404 e. The second-order valence-corrected chi connectivity index (χ2v) is 5.09. The van der Waals surface area contributed by atoms with Crippen LogP contribution in [0, 0.1) is 0 Å². The maximum atomic E-state index is 10.7. The standard InChI is InChI=1S/C13H22N4O3/c14-13(19)20-12-2-6-16(7-3-12)4-1-5-17-8-11(9-18)15-10-17/h8,10,12,18H,1-7,9H2,(H2,14,19). The summed E-state index contributed by atoms with van der Waals surface area (Å²) in [7, 11) is 0. The number of rotatable bonds is 6. The van der Waals surface area contributed by atoms with Crippen molar-refractivity contribution in [2.75, 3.05) is 19.6 Å². The SMILES string of the molecule is NC(=O)OC1CCN(CCCn2cnc(CO)c2)CC1. The summed E-state index contributed by atoms with van der Waals surface area (Å²) in [4.78, 5) is 17.1. The van der Waals surface area contributed by atoms with Gasteiger partial charge in [0, 0.05) is 25.8 Å². The van der Waals surface area contributed by atoms with Crippen molar-refractivity contribution in [3.8, 4) is 0 Å². The van der Waals surface area contributed by atoms with Crippen LogP contribution in [-0.2, 0) is 17.9 Å². The number of aliphatic hydroxyl groups excluding tert-OH is 1. The average molecular weight is 282 g/mol. The molecule has 0 saturated carbocycles. The van der Waals surface area contributed by atoms with Crippen molar-refractivity contribution in [1.82, 2.24) is 14.5 Å². The van der Waals surface area contributed by atoms with E-state index in [0.29, 0.717) is 5.69 Å². The maximum Gasteiger partial charge on any atom is 0.404 e. The molecule has 1 aromatic heterocycles. The molecule has 1 aromatic rings. The molecule has 112 valence electrons. The molecule has 20 heavy (non-hydrogen) atoms. The fourth-order valence-electron chi connectivity index (χ4n) is 2.50. The van der Waals surface area contributed by atoms with Gasteiger partial charge < -0.3 is 25.0 Å². The van der Waals surface area contributed by atoms with Crippen LogP contribution in [-0.4, -0.2) is 51.4 Å². The van der Waals surface area contributed by atoms with Gasteiger partial charge in [-0.15, -0.1) is 0 Å². The molecule has 0 unspecified atom stereocenters. The Hall–Kier alpha value is -1.60. The van der Waals surface area contributed by atoms with Gasteiger partial charge in [-0.2, -0.15) is 0 Å². The summed E-state index contributed by atoms with van der Waals surface area (Å²) in [6, 6.07) is 0. The summed E-state index contributed by atoms with van der Waals surface area (Å²) < 4.78 is 7.00. The molecule has 0 atom stereocenters. The van der Waals surface area contributed by atoms with Gasteiger partial charge in [-0.3, -0.25) is 0 Å². The Morgan fingerprint density at radius 3 is 2.80 bits per heavy atom. The van der Waals surface area contributed by atoms with Gasteiger partial charge in [-0.1, -0.05) is 0 Å². The molecule has 0 radical (unpaired) electrons. The second kappa shape index (κ2) is 7.25. The van der Waals surface area contributed by atoms with Crippen LogP contribution >= 0.6 is 0 Å². The number of hydrogen-bond acceptors (Lipinski definition) is 5. The highest BCUT2D eigenvalue weighted by molar-refractivity contribution is 5.64. The zero-order chi connectivity index (χ0) is 14.4. The van der Waals surface area contributed by atoms with Crippen LogP contribution in [0.1, 0.15) is 25.0 Å². The molecule has 1 fully saturated rings. The van der Waals surface area contributed by atoms with Gasteiger partial charge in [-0.05, 0) is 25.8 Å². The number of carbonyl (C=O) groups excluding carboxylic acids is 1. The van der Waals surface area contributed by atoms with Crippen LogP contribution in [0.15, 0.2) is 12.5 Å². The highest BCUT2D eigenvalue weighted by atomic mass is 16.6. The number of aryl methyl sites for hydroxylation is 1. The fraction of sp³-hybridized carbons (Fsp3) is 0.692. The number of piperidine rings is 1. The molecule has 0 spiro atoms. The third kappa shape index (κ3) is 4.50. The summed E-state index contributed by atoms with van der Waals surface area (Å²) in [5.41, 5.74) is 5.72. The molecule has 1 aliphatic rings. The molecule has 0 aliphatic carbocycles. The molecule has 7 heteroatoms. The third-order valence-electron chi connectivity index (χ3n) is 3.56. The second-order valence-electron chi connectivity index (χ2n) is 5.09. The number of aromatic nitrogens is 2. The van der Waals surface area contributed by atoms with Gasteiger partial charge in [0.05, 0.1) is 18.6 Å². The van der Waals surface area contributed by atoms with Crippen LogP contribution in [0.5, 0.6) is 0 Å². The monoisotopic (exact) mass is 282 g/mol. The van der Waals surface area contributed by atoms with E-state index in [1.54, 1.807) is 6.33 Å². The molecule has 1 aliphatic heterocycles. The highest BCUT2D eigenvalue weighted by Gasteiger charge is 2.20. The Labute approximate surface area is 118 Å². The van der Waals surface area contributed by atoms with Crippen molar-refractivity contribution < 1.29 is 14.6 Å². The molecular weight excluding hydrogens is 260 g/mol. The number of ether oxygens (including phenoxy) is 1. The predicted octanol–water partition coefficient (Wildman–Crippen LogP) is 0.325. The van der Waals surface area contributed by atoms with E-state index < -0.39 is 6.09 Å². The van der Waals surface area contributed by atoms with Gasteiger partial charge in [0.1, 0.15) is 6.10 Å². The van der Waals surface area contributed by atoms with Crippen molar-refractivity contribution >= 4 is 6.09 Å². The molecule has 0 bridgehead atoms. The average Bonchev–Trinajstić information content (AvgIpc) is 2.88. The van der Waals surface area contributed by atoms with Crippen LogP contribution in [0.4, 0.5) is 4.79 Å². The number of imidazole rings is 1. The molecule has 2 heterocycles. The van der Waals surface area contributed by atoms with E-state index in [-0.39, 0.29) is 12.7 Å². The third-order valence-corrected chi connectivity index (χ3v) is 3.56. The van der Waals surface area contributed by atoms with Crippen LogP contribution in [0.2, 0.25) is 0 Å². The lowest BCUT2D eigenvalue weighted by Gasteiger charge is -2.31. The molecule has 3 N–H and O–H groups in total. The molecule has 0 aromatic carbocycles. The van der Waals surface area contributed by atoms with Crippen molar-refractivity contribution in [3.05, 3.63) is 18.2 Å². The quantitative estimate of drug-likeness (QED) is 0.784. The topological polar surface area (TPSA) is 93.6 Å². The number of likely N-dealkylation sites (tertiary alicyclic amines) is 1. The van der Waals surface area contributed by atoms with Crippen molar-refractivity contribution in [2.24, 2.45) is 5.73 Å². The van der Waals surface area contributed by atoms with Gasteiger partial charge in [0.15, 0.2) is 0 Å². The maximum absolute atomic E-state index is 10.7. The summed E-state index contributed by atoms with van der Waals surface area (Å²) in [5.74, 6) is 0. The van der Waals surface area contributed by atoms with Crippen LogP contribution in [0.25, 0.3) is 0 Å². The number of amides is 1. The number of carbonyl (C=O) groups is 1. The number of nitrogens with two attached hydrogens (primary N) is 1. The first kappa shape index (κ1) is 14.8. The first-order valence-corrected chi connectivity index (χ1v) is 6.97. The van der Waals surface area contributed by atoms with E-state index >= 15 is 0 Å². The lowest BCUT2D eigenvalue weighted by Crippen LogP contribution is -2.39. The summed E-state index contributed by atoms with van der Waals surface area (Å²) in [6.45, 7) is 3.76. The van der Waals surface area contributed by atoms with E-state index in [0.717, 1.165) is 45.4 Å². The Balaban J connectivity index is 1.62. The molecule has 1 amide bonds. The molecular formula is C13H22N4O3. The van der Waals surface area contributed by atoms with E-state index in [1.807, 2.05) is 10.8 Å². The first-order valence-electron chi connectivity index (χ1n) is 6.97. The lowest BCUT2D eigenvalue weighted by atomic mass is 10.1. The normalized spacial score (nSPS) is 17.2. The highest BCUT2D eigenvalue weighted by Crippen LogP contribution is 2.14. The van der Waals surface area contributed by atoms with E-state index in [4.69, 9.17) is 15.6 Å². The summed E-state index contributed by atoms with van der Waals surface area (Å²) in [5, 5.41) is 8.94. The van der Waals surface area contributed by atoms with Crippen molar-refractivity contribution in [2.45, 2.75) is 38.5 Å². The van der Waals surface area contributed by atoms with Crippen LogP contribution in [0.3, 0.4) is 0 Å². The number of hydrogen-bond donors (Lipinski definition) is 2. The Morgan fingerprint density at radius 1 is 1.45 bits per heavy atom. The molecule has 7 nitrogen and oxygen atoms in total. The number of aliphatic hydroxyl groups is 1. The Kier molecular flexibility index (Phi) is 5.37. The van der Waals surface area contributed by atoms with E-state index in [9.17, 15) is 4.79 Å². The molecule has 2 rings (SSSR count). The van der Waals surface area contributed by atoms with Gasteiger partial charge >= 0.3 is 6.09 Å². The predicted molar refractivity (Wildman–Crippen MR) is 72.9 cm³/mol. The summed E-state index contributed by atoms with van der Waals surface area (Å²) in [6.07, 6.45) is 5.65. The molecule has 1 saturated heterocycles. The van der Waals surface area contributed by atoms with Crippen molar-refractivity contribution in [3.63, 3.8) is 0 Å². The first-order chi connectivity index (χ1) is 9.67. The zero-order valence-corrected chi connectivity index (χ0v) is 11.6. The van der Waals surface area contributed by atoms with E-state index in [2.05, 4.69) is 9.88 Å². The minimum atomic E-state index is -0.678. The van der Waals surface area contributed by atoms with Gasteiger partial charge in [0.2, 0.25) is 0 Å².